The van der Waals surface area contributed by atoms with Crippen LogP contribution >= 0.6 is 0 Å². The number of unbranched alkanes of at least 4 members (excludes halogenated alkanes) is 1. The molecule has 0 heterocycles. The van der Waals surface area contributed by atoms with Crippen molar-refractivity contribution in [1.82, 2.24) is 4.72 Å². The Labute approximate surface area is 67.2 Å². The Morgan fingerprint density at radius 1 is 1.55 bits per heavy atom. The zero-order valence-corrected chi connectivity index (χ0v) is 6.73. The summed E-state index contributed by atoms with van der Waals surface area (Å²) in [4.78, 5) is 9.95. The van der Waals surface area contributed by atoms with Gasteiger partial charge in [0.25, 0.3) is 0 Å². The van der Waals surface area contributed by atoms with E-state index in [0.717, 1.165) is 0 Å². The van der Waals surface area contributed by atoms with Crippen LogP contribution in [0.4, 0.5) is 0 Å². The minimum absolute atomic E-state index is 0.0904. The summed E-state index contributed by atoms with van der Waals surface area (Å²) in [6, 6.07) is 0. The second-order valence-electron chi connectivity index (χ2n) is 1.98. The van der Waals surface area contributed by atoms with E-state index in [4.69, 9.17) is 5.11 Å². The molecule has 0 aliphatic rings. The molecule has 0 bridgehead atoms. The third-order valence-corrected chi connectivity index (χ3v) is 1.48. The standard InChI is InChI=1S/C5H11NO4S/c7-5(8)3-1-2-4-6-11(9)10/h6H,1-4H2,(H,7,8)(H,9,10)/p-1. The highest BCUT2D eigenvalue weighted by atomic mass is 32.2. The lowest BCUT2D eigenvalue weighted by Gasteiger charge is -2.05. The van der Waals surface area contributed by atoms with E-state index in [1.807, 2.05) is 0 Å². The highest BCUT2D eigenvalue weighted by Gasteiger charge is 1.94. The third kappa shape index (κ3) is 9.54. The van der Waals surface area contributed by atoms with E-state index in [-0.39, 0.29) is 6.42 Å². The lowest BCUT2D eigenvalue weighted by Crippen LogP contribution is -2.17. The van der Waals surface area contributed by atoms with Crippen molar-refractivity contribution in [2.45, 2.75) is 19.3 Å². The first-order valence-electron chi connectivity index (χ1n) is 3.17. The highest BCUT2D eigenvalue weighted by Crippen LogP contribution is 1.92. The Morgan fingerprint density at radius 3 is 2.64 bits per heavy atom. The maximum Gasteiger partial charge on any atom is 0.303 e. The zero-order chi connectivity index (χ0) is 8.69. The fourth-order valence-corrected chi connectivity index (χ4v) is 0.868. The summed E-state index contributed by atoms with van der Waals surface area (Å²) in [5, 5.41) is 8.18. The monoisotopic (exact) mass is 180 g/mol. The van der Waals surface area contributed by atoms with E-state index in [1.54, 1.807) is 0 Å². The fourth-order valence-electron chi connectivity index (χ4n) is 0.557. The summed E-state index contributed by atoms with van der Waals surface area (Å²) in [5.74, 6) is -0.853. The first-order chi connectivity index (χ1) is 5.13. The molecule has 0 spiro atoms. The van der Waals surface area contributed by atoms with Crippen LogP contribution in [0.3, 0.4) is 0 Å². The van der Waals surface area contributed by atoms with Gasteiger partial charge in [-0.1, -0.05) is 0 Å². The molecule has 0 amide bonds. The van der Waals surface area contributed by atoms with Gasteiger partial charge in [-0.25, -0.2) is 4.72 Å². The van der Waals surface area contributed by atoms with Gasteiger partial charge in [-0.05, 0) is 12.8 Å². The number of nitrogens with one attached hydrogen (secondary N) is 1. The van der Waals surface area contributed by atoms with Gasteiger partial charge in [-0.3, -0.25) is 9.00 Å². The number of hydrogen-bond acceptors (Lipinski definition) is 3. The Hall–Kier alpha value is -0.460. The summed E-state index contributed by atoms with van der Waals surface area (Å²) in [5.41, 5.74) is 0. The van der Waals surface area contributed by atoms with Crippen LogP contribution in [0.5, 0.6) is 0 Å². The van der Waals surface area contributed by atoms with Crippen molar-refractivity contribution in [2.75, 3.05) is 6.54 Å². The van der Waals surface area contributed by atoms with Crippen LogP contribution in [0.25, 0.3) is 0 Å². The predicted octanol–water partition coefficient (Wildman–Crippen LogP) is -0.375. The molecule has 0 aromatic carbocycles. The molecule has 5 nitrogen and oxygen atoms in total. The second-order valence-corrected chi connectivity index (χ2v) is 2.74. The maximum atomic E-state index is 9.95. The minimum Gasteiger partial charge on any atom is -0.760 e. The molecule has 0 rings (SSSR count). The van der Waals surface area contributed by atoms with Gasteiger partial charge in [0, 0.05) is 24.2 Å². The zero-order valence-electron chi connectivity index (χ0n) is 5.91. The van der Waals surface area contributed by atoms with Crippen molar-refractivity contribution < 1.29 is 18.7 Å². The molecule has 11 heavy (non-hydrogen) atoms. The van der Waals surface area contributed by atoms with Crippen LogP contribution in [-0.4, -0.2) is 26.4 Å². The Bertz CT molecular complexity index is 133. The van der Waals surface area contributed by atoms with E-state index in [0.29, 0.717) is 19.4 Å². The molecule has 66 valence electrons. The second kappa shape index (κ2) is 6.26. The van der Waals surface area contributed by atoms with Crippen molar-refractivity contribution >= 4 is 17.2 Å². The summed E-state index contributed by atoms with van der Waals surface area (Å²) in [6.45, 7) is 0.309. The van der Waals surface area contributed by atoms with Crippen LogP contribution < -0.4 is 4.72 Å². The molecule has 0 aromatic heterocycles. The first-order valence-corrected chi connectivity index (χ1v) is 4.25. The smallest absolute Gasteiger partial charge is 0.303 e. The minimum atomic E-state index is -2.23. The molecule has 0 aliphatic heterocycles. The largest absolute Gasteiger partial charge is 0.760 e. The normalized spacial score (nSPS) is 12.8. The van der Waals surface area contributed by atoms with Gasteiger partial charge in [-0.2, -0.15) is 0 Å². The van der Waals surface area contributed by atoms with Gasteiger partial charge in [-0.15, -0.1) is 0 Å². The van der Waals surface area contributed by atoms with Crippen LogP contribution in [0, 0.1) is 0 Å². The van der Waals surface area contributed by atoms with E-state index in [1.165, 1.54) is 0 Å². The quantitative estimate of drug-likeness (QED) is 0.431. The van der Waals surface area contributed by atoms with Crippen molar-refractivity contribution in [3.63, 3.8) is 0 Å². The Balaban J connectivity index is 3.03. The van der Waals surface area contributed by atoms with E-state index < -0.39 is 17.2 Å². The summed E-state index contributed by atoms with van der Waals surface area (Å²) >= 11 is -2.23. The van der Waals surface area contributed by atoms with E-state index >= 15 is 0 Å². The number of carbonyl (C=O) groups is 1. The molecule has 0 aromatic rings. The van der Waals surface area contributed by atoms with Gasteiger partial charge in [0.05, 0.1) is 0 Å². The molecule has 2 N–H and O–H groups in total. The van der Waals surface area contributed by atoms with Crippen LogP contribution in [0.2, 0.25) is 0 Å². The molecule has 0 fully saturated rings. The van der Waals surface area contributed by atoms with Gasteiger partial charge in [0.1, 0.15) is 0 Å². The molecule has 1 unspecified atom stereocenters. The topological polar surface area (TPSA) is 89.5 Å². The molecule has 0 radical (unpaired) electrons. The molecule has 6 heteroatoms. The summed E-state index contributed by atoms with van der Waals surface area (Å²) in [6.07, 6.45) is 1.15. The first kappa shape index (κ1) is 10.5. The van der Waals surface area contributed by atoms with Crippen molar-refractivity contribution in [3.05, 3.63) is 0 Å². The lowest BCUT2D eigenvalue weighted by molar-refractivity contribution is -0.137. The Morgan fingerprint density at radius 2 is 2.18 bits per heavy atom. The molecule has 1 atom stereocenters. The lowest BCUT2D eigenvalue weighted by atomic mass is 10.2. The molecule has 0 aliphatic carbocycles. The SMILES string of the molecule is O=C(O)CCCCNS(=O)[O-]. The van der Waals surface area contributed by atoms with Gasteiger partial charge >= 0.3 is 5.97 Å². The molecular formula is C5H10NO4S-. The van der Waals surface area contributed by atoms with Crippen molar-refractivity contribution in [3.8, 4) is 0 Å². The van der Waals surface area contributed by atoms with Crippen LogP contribution in [0.15, 0.2) is 0 Å². The predicted molar refractivity (Wildman–Crippen MR) is 38.4 cm³/mol. The van der Waals surface area contributed by atoms with Gasteiger partial charge in [0.2, 0.25) is 0 Å². The van der Waals surface area contributed by atoms with Gasteiger partial charge in [0.15, 0.2) is 0 Å². The molecular weight excluding hydrogens is 170 g/mol. The summed E-state index contributed by atoms with van der Waals surface area (Å²) < 4.78 is 21.9. The third-order valence-electron chi connectivity index (χ3n) is 1.04. The maximum absolute atomic E-state index is 9.95. The number of carboxylic acid groups (broad SMARTS) is 1. The Kier molecular flexibility index (Phi) is 6.00. The van der Waals surface area contributed by atoms with Crippen molar-refractivity contribution in [1.29, 1.82) is 0 Å². The van der Waals surface area contributed by atoms with Crippen LogP contribution in [-0.2, 0) is 16.1 Å². The van der Waals surface area contributed by atoms with E-state index in [2.05, 4.69) is 4.72 Å². The summed E-state index contributed by atoms with van der Waals surface area (Å²) in [7, 11) is 0. The van der Waals surface area contributed by atoms with E-state index in [9.17, 15) is 13.6 Å². The van der Waals surface area contributed by atoms with Crippen molar-refractivity contribution in [2.24, 2.45) is 0 Å². The number of carboxylic acids is 1. The molecule has 0 saturated carbocycles. The molecule has 0 saturated heterocycles. The number of aliphatic carboxylic acids is 1. The average Bonchev–Trinajstić information content (AvgIpc) is 1.85. The average molecular weight is 180 g/mol. The van der Waals surface area contributed by atoms with Crippen LogP contribution in [0.1, 0.15) is 19.3 Å². The number of hydrogen-bond donors (Lipinski definition) is 2. The fraction of sp³-hybridized carbons (Fsp3) is 0.800. The highest BCUT2D eigenvalue weighted by molar-refractivity contribution is 7.77. The number of rotatable bonds is 6. The van der Waals surface area contributed by atoms with Gasteiger partial charge < -0.3 is 9.66 Å².